The number of nitrogens with one attached hydrogen (secondary N) is 1. The zero-order valence-corrected chi connectivity index (χ0v) is 30.6. The number of halogens is 3. The van der Waals surface area contributed by atoms with Gasteiger partial charge in [-0.3, -0.25) is 9.69 Å². The summed E-state index contributed by atoms with van der Waals surface area (Å²) in [5.41, 5.74) is 8.17. The Morgan fingerprint density at radius 2 is 1.29 bits per heavy atom. The molecule has 1 saturated heterocycles. The normalized spacial score (nSPS) is 19.2. The van der Waals surface area contributed by atoms with Crippen molar-refractivity contribution < 1.29 is 19.4 Å². The summed E-state index contributed by atoms with van der Waals surface area (Å²) >= 11 is 17.1. The molecule has 6 nitrogen and oxygen atoms in total. The summed E-state index contributed by atoms with van der Waals surface area (Å²) in [6, 6.07) is 45.1. The molecule has 9 heteroatoms. The van der Waals surface area contributed by atoms with E-state index in [1.807, 2.05) is 72.8 Å². The van der Waals surface area contributed by atoms with Crippen LogP contribution in [0.1, 0.15) is 52.7 Å². The molecule has 0 saturated carbocycles. The molecule has 0 radical (unpaired) electrons. The van der Waals surface area contributed by atoms with Crippen LogP contribution in [0.2, 0.25) is 0 Å². The number of aliphatic hydroxyl groups is 1. The van der Waals surface area contributed by atoms with E-state index in [0.29, 0.717) is 6.54 Å². The lowest BCUT2D eigenvalue weighted by Crippen LogP contribution is -2.44. The van der Waals surface area contributed by atoms with Gasteiger partial charge in [0, 0.05) is 37.7 Å². The Morgan fingerprint density at radius 3 is 1.88 bits per heavy atom. The van der Waals surface area contributed by atoms with Gasteiger partial charge in [0.1, 0.15) is 0 Å². The highest BCUT2D eigenvalue weighted by Crippen LogP contribution is 2.42. The Morgan fingerprint density at radius 1 is 0.706 bits per heavy atom. The lowest BCUT2D eigenvalue weighted by molar-refractivity contribution is -0.276. The maximum atomic E-state index is 12.0. The van der Waals surface area contributed by atoms with Crippen molar-refractivity contribution in [1.29, 1.82) is 0 Å². The van der Waals surface area contributed by atoms with Gasteiger partial charge in [0.05, 0.1) is 18.8 Å². The lowest BCUT2D eigenvalue weighted by Gasteiger charge is -2.43. The molecule has 1 aliphatic rings. The number of rotatable bonds is 12. The summed E-state index contributed by atoms with van der Waals surface area (Å²) in [4.78, 5) is 14.5. The number of hydrogen-bond acceptors (Lipinski definition) is 5. The zero-order chi connectivity index (χ0) is 35.8. The van der Waals surface area contributed by atoms with E-state index in [1.54, 1.807) is 0 Å². The van der Waals surface area contributed by atoms with Crippen molar-refractivity contribution in [2.75, 3.05) is 6.54 Å². The highest BCUT2D eigenvalue weighted by molar-refractivity contribution is 6.76. The molecule has 0 bridgehead atoms. The summed E-state index contributed by atoms with van der Waals surface area (Å²) in [7, 11) is 0. The highest BCUT2D eigenvalue weighted by Gasteiger charge is 2.39. The van der Waals surface area contributed by atoms with Gasteiger partial charge in [-0.2, -0.15) is 0 Å². The van der Waals surface area contributed by atoms with E-state index < -0.39 is 16.0 Å². The fraction of sp³-hybridized carbons (Fsp3) is 0.262. The number of carbonyl (C=O) groups excluding carboxylic acids is 1. The van der Waals surface area contributed by atoms with E-state index in [9.17, 15) is 9.90 Å². The number of ether oxygens (including phenoxy) is 2. The van der Waals surface area contributed by atoms with Crippen molar-refractivity contribution in [3.8, 4) is 11.1 Å². The summed E-state index contributed by atoms with van der Waals surface area (Å²) in [5.74, 6) is -0.632. The fourth-order valence-corrected chi connectivity index (χ4v) is 6.63. The van der Waals surface area contributed by atoms with Crippen molar-refractivity contribution in [3.05, 3.63) is 167 Å². The van der Waals surface area contributed by atoms with Crippen molar-refractivity contribution >= 4 is 40.7 Å². The average molecular weight is 744 g/mol. The quantitative estimate of drug-likeness (QED) is 0.125. The fourth-order valence-electron chi connectivity index (χ4n) is 6.43. The first-order valence-corrected chi connectivity index (χ1v) is 18.1. The van der Waals surface area contributed by atoms with Crippen LogP contribution in [-0.2, 0) is 40.5 Å². The third-order valence-corrected chi connectivity index (χ3v) is 9.73. The molecule has 1 amide bonds. The molecule has 264 valence electrons. The predicted octanol–water partition coefficient (Wildman–Crippen LogP) is 9.33. The van der Waals surface area contributed by atoms with Crippen LogP contribution in [0.4, 0.5) is 0 Å². The van der Waals surface area contributed by atoms with Crippen molar-refractivity contribution in [3.63, 3.8) is 0 Å². The SMILES string of the molecule is C[C@@H]1[C@H](CN(Cc2ccccc2)Cc2ccccc2)O[C@H](c2ccc(-c3cccc(CNC(=O)C(Cl)(Cl)Cl)c3)cc2)O[C@@H]1c1ccc(CO)cc1. The van der Waals surface area contributed by atoms with Crippen LogP contribution < -0.4 is 5.32 Å². The molecule has 0 unspecified atom stereocenters. The number of hydrogen-bond donors (Lipinski definition) is 2. The molecule has 5 aromatic rings. The van der Waals surface area contributed by atoms with Gasteiger partial charge in [0.25, 0.3) is 9.70 Å². The zero-order valence-electron chi connectivity index (χ0n) is 28.3. The topological polar surface area (TPSA) is 71.0 Å². The maximum absolute atomic E-state index is 12.0. The van der Waals surface area contributed by atoms with Gasteiger partial charge in [-0.1, -0.05) is 169 Å². The molecule has 0 aliphatic carbocycles. The van der Waals surface area contributed by atoms with E-state index in [2.05, 4.69) is 77.8 Å². The van der Waals surface area contributed by atoms with Crippen LogP contribution >= 0.6 is 34.8 Å². The van der Waals surface area contributed by atoms with E-state index >= 15 is 0 Å². The van der Waals surface area contributed by atoms with Gasteiger partial charge in [-0.05, 0) is 45.0 Å². The Kier molecular flexibility index (Phi) is 12.5. The summed E-state index contributed by atoms with van der Waals surface area (Å²) in [5, 5.41) is 12.3. The van der Waals surface area contributed by atoms with E-state index in [4.69, 9.17) is 44.3 Å². The van der Waals surface area contributed by atoms with E-state index in [-0.39, 0.29) is 31.3 Å². The molecule has 0 spiro atoms. The van der Waals surface area contributed by atoms with E-state index in [1.165, 1.54) is 11.1 Å². The molecule has 5 aromatic carbocycles. The van der Waals surface area contributed by atoms with Crippen LogP contribution in [0.3, 0.4) is 0 Å². The first-order valence-electron chi connectivity index (χ1n) is 17.0. The van der Waals surface area contributed by atoms with E-state index in [0.717, 1.165) is 46.5 Å². The van der Waals surface area contributed by atoms with Gasteiger partial charge in [-0.25, -0.2) is 0 Å². The molecule has 1 heterocycles. The number of aliphatic hydroxyl groups excluding tert-OH is 1. The monoisotopic (exact) mass is 742 g/mol. The Bertz CT molecular complexity index is 1810. The van der Waals surface area contributed by atoms with Gasteiger partial charge in [0.2, 0.25) is 0 Å². The maximum Gasteiger partial charge on any atom is 0.272 e. The number of nitrogens with zero attached hydrogens (tertiary/aromatic N) is 1. The first-order chi connectivity index (χ1) is 24.7. The molecule has 2 N–H and O–H groups in total. The van der Waals surface area contributed by atoms with Gasteiger partial charge in [-0.15, -0.1) is 0 Å². The second-order valence-corrected chi connectivity index (χ2v) is 15.2. The van der Waals surface area contributed by atoms with Crippen LogP contribution in [-0.4, -0.2) is 32.4 Å². The van der Waals surface area contributed by atoms with Crippen molar-refractivity contribution in [2.24, 2.45) is 5.92 Å². The molecule has 1 fully saturated rings. The van der Waals surface area contributed by atoms with Crippen LogP contribution in [0.25, 0.3) is 11.1 Å². The number of alkyl halides is 3. The van der Waals surface area contributed by atoms with Gasteiger partial charge < -0.3 is 19.9 Å². The van der Waals surface area contributed by atoms with Crippen LogP contribution in [0.15, 0.2) is 133 Å². The standard InChI is InChI=1S/C42H41Cl3N2O4/c1-29-38(27-47(25-30-9-4-2-5-10-30)26-31-11-6-3-7-12-31)50-40(51-39(29)35-17-15-32(28-48)16-18-35)36-21-19-34(20-22-36)37-14-8-13-33(23-37)24-46-41(49)42(43,44)45/h2-23,29,38-40,48H,24-28H2,1H3,(H,46,49)/t29-,38+,39+,40+/m1/s1. The molecular weight excluding hydrogens is 703 g/mol. The van der Waals surface area contributed by atoms with Crippen molar-refractivity contribution in [2.45, 2.75) is 55.5 Å². The molecule has 0 aromatic heterocycles. The first kappa shape index (κ1) is 37.1. The third kappa shape index (κ3) is 10.00. The predicted molar refractivity (Wildman–Crippen MR) is 204 cm³/mol. The smallest absolute Gasteiger partial charge is 0.272 e. The molecular formula is C42H41Cl3N2O4. The molecule has 51 heavy (non-hydrogen) atoms. The Labute approximate surface area is 314 Å². The molecule has 6 rings (SSSR count). The minimum Gasteiger partial charge on any atom is -0.392 e. The van der Waals surface area contributed by atoms with Crippen molar-refractivity contribution in [1.82, 2.24) is 10.2 Å². The number of carbonyl (C=O) groups is 1. The number of benzene rings is 5. The van der Waals surface area contributed by atoms with Gasteiger partial charge >= 0.3 is 0 Å². The minimum atomic E-state index is -2.02. The minimum absolute atomic E-state index is 0.0114. The highest BCUT2D eigenvalue weighted by atomic mass is 35.6. The summed E-state index contributed by atoms with van der Waals surface area (Å²) in [6.07, 6.45) is -0.962. The number of amides is 1. The Hall–Kier alpha value is -3.72. The molecule has 1 aliphatic heterocycles. The van der Waals surface area contributed by atoms with Crippen LogP contribution in [0, 0.1) is 5.92 Å². The second-order valence-electron chi connectivity index (χ2n) is 13.0. The summed E-state index contributed by atoms with van der Waals surface area (Å²) < 4.78 is 11.6. The lowest BCUT2D eigenvalue weighted by atomic mass is 9.89. The average Bonchev–Trinajstić information content (AvgIpc) is 3.15. The Balaban J connectivity index is 1.25. The third-order valence-electron chi connectivity index (χ3n) is 9.21. The van der Waals surface area contributed by atoms with Gasteiger partial charge in [0.15, 0.2) is 6.29 Å². The summed E-state index contributed by atoms with van der Waals surface area (Å²) in [6.45, 7) is 4.68. The van der Waals surface area contributed by atoms with Crippen LogP contribution in [0.5, 0.6) is 0 Å². The largest absolute Gasteiger partial charge is 0.392 e. The second kappa shape index (κ2) is 17.2. The molecule has 4 atom stereocenters.